The van der Waals surface area contributed by atoms with Crippen LogP contribution in [-0.2, 0) is 33.1 Å². The minimum Gasteiger partial charge on any atom is -0.872 e. The van der Waals surface area contributed by atoms with Crippen molar-refractivity contribution in [2.24, 2.45) is 0 Å². The van der Waals surface area contributed by atoms with Crippen molar-refractivity contribution >= 4 is 58.0 Å². The van der Waals surface area contributed by atoms with Crippen molar-refractivity contribution in [2.75, 3.05) is 0 Å². The van der Waals surface area contributed by atoms with Crippen LogP contribution < -0.4 is 14.6 Å². The molecule has 344 valence electrons. The second kappa shape index (κ2) is 31.9. The van der Waals surface area contributed by atoms with Crippen LogP contribution in [0.25, 0.3) is 0 Å². The molecule has 0 aliphatic carbocycles. The Morgan fingerprint density at radius 3 is 1.19 bits per heavy atom. The number of aryl methyl sites for hydroxylation is 2. The topological polar surface area (TPSA) is 173 Å². The molecular weight excluding hydrogens is 865 g/mol. The molecule has 0 saturated heterocycles. The van der Waals surface area contributed by atoms with Crippen LogP contribution in [0.5, 0.6) is 34.5 Å². The van der Waals surface area contributed by atoms with Gasteiger partial charge in [-0.3, -0.25) is 4.55 Å². The SMILES string of the molecule is CCCCCCCCCCCCCc1ccccc1Oc1ccc(S(=O)(=O)O)c(O)c1.CCCCCCCCCCCCCc1ccccc1Oc1ccc(S(=O)(=O)[O-])c([O-])c1.[Ca+2]. The van der Waals surface area contributed by atoms with E-state index in [1.54, 1.807) is 0 Å². The average Bonchev–Trinajstić information content (AvgIpc) is 3.22. The Morgan fingerprint density at radius 2 is 0.841 bits per heavy atom. The van der Waals surface area contributed by atoms with Crippen molar-refractivity contribution in [3.63, 3.8) is 0 Å². The van der Waals surface area contributed by atoms with Gasteiger partial charge in [-0.25, -0.2) is 8.42 Å². The van der Waals surface area contributed by atoms with Gasteiger partial charge in [0.2, 0.25) is 0 Å². The number of ether oxygens (including phenoxy) is 2. The largest absolute Gasteiger partial charge is 2.00 e. The summed E-state index contributed by atoms with van der Waals surface area (Å²) in [4.78, 5) is -1.29. The number of hydrogen-bond donors (Lipinski definition) is 2. The Hall–Kier alpha value is -2.84. The summed E-state index contributed by atoms with van der Waals surface area (Å²) < 4.78 is 76.4. The van der Waals surface area contributed by atoms with Gasteiger partial charge in [0.05, 0.1) is 0 Å². The quantitative estimate of drug-likeness (QED) is 0.0291. The van der Waals surface area contributed by atoms with Crippen molar-refractivity contribution in [3.8, 4) is 34.5 Å². The van der Waals surface area contributed by atoms with Gasteiger partial charge in [0, 0.05) is 11.0 Å². The van der Waals surface area contributed by atoms with E-state index in [4.69, 9.17) is 14.0 Å². The van der Waals surface area contributed by atoms with Crippen molar-refractivity contribution in [2.45, 2.75) is 178 Å². The van der Waals surface area contributed by atoms with Crippen LogP contribution in [0, 0.1) is 0 Å². The molecule has 63 heavy (non-hydrogen) atoms. The molecule has 0 spiro atoms. The second-order valence-corrected chi connectivity index (χ2v) is 18.9. The minimum atomic E-state index is -4.78. The van der Waals surface area contributed by atoms with Gasteiger partial charge in [0.15, 0.2) is 0 Å². The van der Waals surface area contributed by atoms with E-state index in [2.05, 4.69) is 13.8 Å². The van der Waals surface area contributed by atoms with Gasteiger partial charge in [0.25, 0.3) is 10.1 Å². The molecular formula is C50H70CaO10S2. The van der Waals surface area contributed by atoms with Crippen LogP contribution in [0.1, 0.15) is 166 Å². The third kappa shape index (κ3) is 23.3. The Balaban J connectivity index is 0.000000427. The van der Waals surface area contributed by atoms with Crippen molar-refractivity contribution < 1.29 is 45.6 Å². The molecule has 0 radical (unpaired) electrons. The standard InChI is InChI=1S/2C25H36O5S.Ca/c2*1-2-3-4-5-6-7-8-9-10-11-12-15-21-16-13-14-17-24(21)30-22-18-19-25(23(26)20-22)31(27,28)29;/h2*13-14,16-20,26H,2-12,15H2,1H3,(H,27,28,29);/q;;+2/p-2. The number of aromatic hydroxyl groups is 1. The number of phenols is 1. The minimum absolute atomic E-state index is 0. The van der Waals surface area contributed by atoms with E-state index in [1.165, 1.54) is 147 Å². The zero-order chi connectivity index (χ0) is 45.1. The summed E-state index contributed by atoms with van der Waals surface area (Å²) in [6, 6.07) is 22.5. The molecule has 0 unspecified atom stereocenters. The van der Waals surface area contributed by atoms with E-state index in [0.717, 1.165) is 55.0 Å². The first-order valence-electron chi connectivity index (χ1n) is 22.9. The van der Waals surface area contributed by atoms with Gasteiger partial charge in [-0.2, -0.15) is 8.42 Å². The molecule has 0 fully saturated rings. The van der Waals surface area contributed by atoms with Crippen molar-refractivity contribution in [3.05, 3.63) is 96.1 Å². The summed E-state index contributed by atoms with van der Waals surface area (Å²) in [5.41, 5.74) is 2.13. The summed E-state index contributed by atoms with van der Waals surface area (Å²) in [6.45, 7) is 4.49. The van der Waals surface area contributed by atoms with E-state index < -0.39 is 41.5 Å². The predicted octanol–water partition coefficient (Wildman–Crippen LogP) is 13.2. The monoisotopic (exact) mass is 934 g/mol. The van der Waals surface area contributed by atoms with Gasteiger partial charge < -0.3 is 24.2 Å². The number of para-hydroxylation sites is 2. The molecule has 10 nitrogen and oxygen atoms in total. The third-order valence-corrected chi connectivity index (χ3v) is 12.7. The molecule has 0 bridgehead atoms. The van der Waals surface area contributed by atoms with Gasteiger partial charge in [0.1, 0.15) is 43.8 Å². The normalized spacial score (nSPS) is 11.4. The Kier molecular flexibility index (Phi) is 28.5. The zero-order valence-corrected chi connectivity index (χ0v) is 41.6. The molecule has 0 aromatic heterocycles. The fourth-order valence-corrected chi connectivity index (χ4v) is 8.47. The summed E-state index contributed by atoms with van der Waals surface area (Å²) in [5.74, 6) is 0.485. The smallest absolute Gasteiger partial charge is 0.872 e. The Morgan fingerprint density at radius 1 is 0.492 bits per heavy atom. The van der Waals surface area contributed by atoms with E-state index in [-0.39, 0.29) is 43.5 Å². The second-order valence-electron chi connectivity index (χ2n) is 16.2. The number of hydrogen-bond acceptors (Lipinski definition) is 9. The molecule has 0 heterocycles. The van der Waals surface area contributed by atoms with Crippen molar-refractivity contribution in [1.82, 2.24) is 0 Å². The maximum absolute atomic E-state index is 11.9. The Bertz CT molecular complexity index is 1940. The maximum Gasteiger partial charge on any atom is 2.00 e. The first-order chi connectivity index (χ1) is 29.8. The van der Waals surface area contributed by atoms with Crippen LogP contribution in [0.3, 0.4) is 0 Å². The average molecular weight is 935 g/mol. The van der Waals surface area contributed by atoms with Crippen LogP contribution in [0.2, 0.25) is 0 Å². The number of unbranched alkanes of at least 4 members (excludes halogenated alkanes) is 20. The van der Waals surface area contributed by atoms with E-state index in [0.29, 0.717) is 17.2 Å². The van der Waals surface area contributed by atoms with Crippen LogP contribution in [0.4, 0.5) is 0 Å². The molecule has 13 heteroatoms. The fourth-order valence-electron chi connectivity index (χ4n) is 7.37. The van der Waals surface area contributed by atoms with Crippen LogP contribution in [0.15, 0.2) is 94.7 Å². The molecule has 0 atom stereocenters. The fraction of sp³-hybridized carbons (Fsp3) is 0.520. The van der Waals surface area contributed by atoms with E-state index in [9.17, 15) is 31.6 Å². The summed E-state index contributed by atoms with van der Waals surface area (Å²) in [5, 5.41) is 21.8. The number of benzene rings is 4. The molecule has 4 aromatic rings. The zero-order valence-electron chi connectivity index (χ0n) is 37.7. The number of rotatable bonds is 30. The summed E-state index contributed by atoms with van der Waals surface area (Å²) in [6.07, 6.45) is 30.2. The van der Waals surface area contributed by atoms with E-state index >= 15 is 0 Å². The molecule has 0 saturated carbocycles. The number of phenolic OH excluding ortho intramolecular Hbond substituents is 1. The van der Waals surface area contributed by atoms with E-state index in [1.807, 2.05) is 48.5 Å². The maximum atomic E-state index is 11.9. The molecule has 4 aromatic carbocycles. The first kappa shape index (κ1) is 56.3. The molecule has 4 rings (SSSR count). The molecule has 0 aliphatic rings. The van der Waals surface area contributed by atoms with Gasteiger partial charge in [-0.05, 0) is 79.3 Å². The Labute approximate surface area is 408 Å². The van der Waals surface area contributed by atoms with Crippen LogP contribution in [-0.4, -0.2) is 68.8 Å². The van der Waals surface area contributed by atoms with Gasteiger partial charge in [-0.1, -0.05) is 184 Å². The van der Waals surface area contributed by atoms with Gasteiger partial charge in [-0.15, -0.1) is 0 Å². The third-order valence-electron chi connectivity index (χ3n) is 10.9. The summed E-state index contributed by atoms with van der Waals surface area (Å²) >= 11 is 0. The predicted molar refractivity (Wildman–Crippen MR) is 251 cm³/mol. The van der Waals surface area contributed by atoms with Gasteiger partial charge >= 0.3 is 37.7 Å². The van der Waals surface area contributed by atoms with Crippen molar-refractivity contribution in [1.29, 1.82) is 0 Å². The molecule has 0 amide bonds. The summed E-state index contributed by atoms with van der Waals surface area (Å²) in [7, 11) is -9.24. The van der Waals surface area contributed by atoms with Crippen LogP contribution >= 0.6 is 0 Å². The molecule has 2 N–H and O–H groups in total. The molecule has 0 aliphatic heterocycles. The first-order valence-corrected chi connectivity index (χ1v) is 25.8.